The Labute approximate surface area is 184 Å². The number of carbonyl (C=O) groups is 1. The Morgan fingerprint density at radius 2 is 1.25 bits per heavy atom. The molecule has 158 valence electrons. The van der Waals surface area contributed by atoms with Crippen LogP contribution in [0, 0.1) is 0 Å². The first-order valence-electron chi connectivity index (χ1n) is 9.86. The highest BCUT2D eigenvalue weighted by atomic mass is 16.4. The summed E-state index contributed by atoms with van der Waals surface area (Å²) in [6.07, 6.45) is 7.58. The quantitative estimate of drug-likeness (QED) is 0.389. The van der Waals surface area contributed by atoms with Crippen LogP contribution in [0.1, 0.15) is 32.9 Å². The number of phenols is 2. The molecule has 0 unspecified atom stereocenters. The Kier molecular flexibility index (Phi) is 5.85. The van der Waals surface area contributed by atoms with Crippen LogP contribution >= 0.6 is 0 Å². The normalized spacial score (nSPS) is 11.4. The molecule has 0 radical (unpaired) electrons. The summed E-state index contributed by atoms with van der Waals surface area (Å²) in [5.41, 5.74) is 4.28. The van der Waals surface area contributed by atoms with Gasteiger partial charge in [-0.25, -0.2) is 9.48 Å². The maximum Gasteiger partial charge on any atom is 0.335 e. The van der Waals surface area contributed by atoms with Crippen molar-refractivity contribution < 1.29 is 20.1 Å². The van der Waals surface area contributed by atoms with Gasteiger partial charge in [-0.15, -0.1) is 0 Å². The highest BCUT2D eigenvalue weighted by Gasteiger charge is 2.08. The van der Waals surface area contributed by atoms with Crippen LogP contribution in [0.5, 0.6) is 11.5 Å². The van der Waals surface area contributed by atoms with Crippen molar-refractivity contribution in [3.8, 4) is 17.2 Å². The van der Waals surface area contributed by atoms with Gasteiger partial charge in [0.1, 0.15) is 11.5 Å². The number of hydrogen-bond donors (Lipinski definition) is 3. The monoisotopic (exact) mass is 424 g/mol. The van der Waals surface area contributed by atoms with Crippen molar-refractivity contribution in [2.75, 3.05) is 0 Å². The summed E-state index contributed by atoms with van der Waals surface area (Å²) in [4.78, 5) is 11.2. The summed E-state index contributed by atoms with van der Waals surface area (Å²) in [6.45, 7) is 0. The summed E-state index contributed by atoms with van der Waals surface area (Å²) in [7, 11) is 0. The van der Waals surface area contributed by atoms with E-state index < -0.39 is 5.97 Å². The number of rotatable bonds is 6. The molecule has 0 amide bonds. The lowest BCUT2D eigenvalue weighted by Gasteiger charge is -2.05. The van der Waals surface area contributed by atoms with Gasteiger partial charge in [0, 0.05) is 0 Å². The van der Waals surface area contributed by atoms with Crippen molar-refractivity contribution in [2.45, 2.75) is 0 Å². The van der Waals surface area contributed by atoms with Crippen LogP contribution in [0.4, 0.5) is 0 Å². The minimum Gasteiger partial charge on any atom is -0.508 e. The third-order valence-electron chi connectivity index (χ3n) is 4.79. The van der Waals surface area contributed by atoms with E-state index in [4.69, 9.17) is 5.11 Å². The fourth-order valence-electron chi connectivity index (χ4n) is 3.10. The zero-order valence-electron chi connectivity index (χ0n) is 17.0. The number of carboxylic acids is 1. The molecule has 3 N–H and O–H groups in total. The average Bonchev–Trinajstić information content (AvgIpc) is 3.21. The van der Waals surface area contributed by atoms with Crippen LogP contribution in [0.15, 0.2) is 78.9 Å². The van der Waals surface area contributed by atoms with Gasteiger partial charge in [0.15, 0.2) is 0 Å². The summed E-state index contributed by atoms with van der Waals surface area (Å²) in [5.74, 6) is -0.577. The van der Waals surface area contributed by atoms with E-state index in [2.05, 4.69) is 5.10 Å². The largest absolute Gasteiger partial charge is 0.508 e. The predicted octanol–water partition coefficient (Wildman–Crippen LogP) is 5.32. The van der Waals surface area contributed by atoms with Crippen LogP contribution in [0.25, 0.3) is 30.0 Å². The first-order chi connectivity index (χ1) is 15.5. The molecular weight excluding hydrogens is 404 g/mol. The summed E-state index contributed by atoms with van der Waals surface area (Å²) >= 11 is 0. The van der Waals surface area contributed by atoms with Crippen molar-refractivity contribution in [1.29, 1.82) is 0 Å². The molecule has 0 spiro atoms. The van der Waals surface area contributed by atoms with Crippen LogP contribution in [0.2, 0.25) is 0 Å². The Hall–Kier alpha value is -4.58. The van der Waals surface area contributed by atoms with Crippen molar-refractivity contribution in [1.82, 2.24) is 9.78 Å². The van der Waals surface area contributed by atoms with E-state index in [0.29, 0.717) is 5.69 Å². The maximum absolute atomic E-state index is 11.2. The van der Waals surface area contributed by atoms with Gasteiger partial charge in [-0.1, -0.05) is 36.4 Å². The van der Waals surface area contributed by atoms with Crippen LogP contribution < -0.4 is 0 Å². The van der Waals surface area contributed by atoms with Gasteiger partial charge in [0.2, 0.25) is 0 Å². The lowest BCUT2D eigenvalue weighted by molar-refractivity contribution is 0.0697. The minimum absolute atomic E-state index is 0.201. The standard InChI is InChI=1S/C26H20N2O4/c29-24-13-3-18(4-14-24)1-9-21-17-23(10-2-19-5-15-25(30)16-6-19)28(27-21)22-11-7-20(8-12-22)26(31)32/h1-17,29-30H,(H,31,32)/b9-1+,10-2+. The molecule has 0 aliphatic heterocycles. The van der Waals surface area contributed by atoms with Gasteiger partial charge in [-0.05, 0) is 77.9 Å². The van der Waals surface area contributed by atoms with E-state index in [-0.39, 0.29) is 17.1 Å². The summed E-state index contributed by atoms with van der Waals surface area (Å²) in [6, 6.07) is 22.1. The fourth-order valence-corrected chi connectivity index (χ4v) is 3.10. The Bertz CT molecular complexity index is 1280. The molecule has 0 bridgehead atoms. The molecular formula is C26H20N2O4. The average molecular weight is 424 g/mol. The molecule has 0 fully saturated rings. The Morgan fingerprint density at radius 3 is 1.78 bits per heavy atom. The van der Waals surface area contributed by atoms with E-state index in [1.165, 1.54) is 0 Å². The first kappa shape index (κ1) is 20.7. The number of phenolic OH excluding ortho intramolecular Hbond substituents is 2. The molecule has 0 atom stereocenters. The number of benzene rings is 3. The van der Waals surface area contributed by atoms with Gasteiger partial charge in [0.05, 0.1) is 22.6 Å². The van der Waals surface area contributed by atoms with Gasteiger partial charge < -0.3 is 15.3 Å². The summed E-state index contributed by atoms with van der Waals surface area (Å²) in [5, 5.41) is 32.7. The summed E-state index contributed by atoms with van der Waals surface area (Å²) < 4.78 is 1.74. The predicted molar refractivity (Wildman–Crippen MR) is 125 cm³/mol. The van der Waals surface area contributed by atoms with Crippen LogP contribution in [0.3, 0.4) is 0 Å². The second-order valence-electron chi connectivity index (χ2n) is 7.11. The van der Waals surface area contributed by atoms with Crippen molar-refractivity contribution in [3.05, 3.63) is 107 Å². The first-order valence-corrected chi connectivity index (χ1v) is 9.86. The molecule has 0 aliphatic rings. The number of aromatic carboxylic acids is 1. The van der Waals surface area contributed by atoms with Gasteiger partial charge in [-0.3, -0.25) is 0 Å². The number of aromatic nitrogens is 2. The van der Waals surface area contributed by atoms with Gasteiger partial charge in [0.25, 0.3) is 0 Å². The smallest absolute Gasteiger partial charge is 0.335 e. The minimum atomic E-state index is -0.984. The molecule has 6 heteroatoms. The van der Waals surface area contributed by atoms with E-state index in [9.17, 15) is 15.0 Å². The van der Waals surface area contributed by atoms with Crippen LogP contribution in [-0.2, 0) is 0 Å². The topological polar surface area (TPSA) is 95.6 Å². The molecule has 32 heavy (non-hydrogen) atoms. The molecule has 3 aromatic carbocycles. The molecule has 6 nitrogen and oxygen atoms in total. The number of nitrogens with zero attached hydrogens (tertiary/aromatic N) is 2. The van der Waals surface area contributed by atoms with E-state index >= 15 is 0 Å². The zero-order chi connectivity index (χ0) is 22.5. The highest BCUT2D eigenvalue weighted by Crippen LogP contribution is 2.20. The SMILES string of the molecule is O=C(O)c1ccc(-n2nc(/C=C/c3ccc(O)cc3)cc2/C=C/c2ccc(O)cc2)cc1. The molecule has 1 heterocycles. The van der Waals surface area contributed by atoms with E-state index in [0.717, 1.165) is 22.5 Å². The molecule has 0 saturated heterocycles. The lowest BCUT2D eigenvalue weighted by atomic mass is 10.1. The molecule has 1 aromatic heterocycles. The lowest BCUT2D eigenvalue weighted by Crippen LogP contribution is -2.01. The Morgan fingerprint density at radius 1 is 0.719 bits per heavy atom. The van der Waals surface area contributed by atoms with Crippen molar-refractivity contribution in [3.63, 3.8) is 0 Å². The second kappa shape index (κ2) is 9.06. The number of aromatic hydroxyl groups is 2. The van der Waals surface area contributed by atoms with Crippen molar-refractivity contribution in [2.24, 2.45) is 0 Å². The van der Waals surface area contributed by atoms with E-state index in [1.807, 2.05) is 30.4 Å². The second-order valence-corrected chi connectivity index (χ2v) is 7.11. The third-order valence-corrected chi connectivity index (χ3v) is 4.79. The molecule has 0 aliphatic carbocycles. The van der Waals surface area contributed by atoms with Gasteiger partial charge in [-0.2, -0.15) is 5.10 Å². The molecule has 4 aromatic rings. The van der Waals surface area contributed by atoms with Crippen LogP contribution in [-0.4, -0.2) is 31.1 Å². The number of hydrogen-bond acceptors (Lipinski definition) is 4. The van der Waals surface area contributed by atoms with E-state index in [1.54, 1.807) is 77.5 Å². The Balaban J connectivity index is 1.69. The fraction of sp³-hybridized carbons (Fsp3) is 0. The molecule has 0 saturated carbocycles. The number of carboxylic acid groups (broad SMARTS) is 1. The maximum atomic E-state index is 11.2. The molecule has 4 rings (SSSR count). The third kappa shape index (κ3) is 4.94. The zero-order valence-corrected chi connectivity index (χ0v) is 17.0. The van der Waals surface area contributed by atoms with Gasteiger partial charge >= 0.3 is 5.97 Å². The highest BCUT2D eigenvalue weighted by molar-refractivity contribution is 5.87. The van der Waals surface area contributed by atoms with Crippen molar-refractivity contribution >= 4 is 30.3 Å².